The Kier molecular flexibility index (Phi) is 43.2. The molecule has 0 aliphatic heterocycles. The predicted molar refractivity (Wildman–Crippen MR) is 245 cm³/mol. The number of allylic oxidation sites excluding steroid dienone is 8. The number of nitrogens with one attached hydrogen (secondary N) is 1. The number of amides is 1. The maximum absolute atomic E-state index is 13.1. The van der Waals surface area contributed by atoms with Crippen LogP contribution in [0.4, 0.5) is 0 Å². The van der Waals surface area contributed by atoms with Crippen LogP contribution in [0.25, 0.3) is 0 Å². The average Bonchev–Trinajstić information content (AvgIpc) is 3.20. The highest BCUT2D eigenvalue weighted by molar-refractivity contribution is 5.77. The second-order valence-electron chi connectivity index (χ2n) is 16.5. The van der Waals surface area contributed by atoms with Gasteiger partial charge in [0.25, 0.3) is 0 Å². The first-order valence-electron chi connectivity index (χ1n) is 24.4. The fraction of sp³-hybridized carbons (Fsp3) is 0.804. The van der Waals surface area contributed by atoms with E-state index in [0.29, 0.717) is 19.3 Å². The molecule has 0 heterocycles. The first-order chi connectivity index (χ1) is 28.0. The van der Waals surface area contributed by atoms with Crippen molar-refractivity contribution in [3.8, 4) is 0 Å². The molecule has 0 bridgehead atoms. The molecule has 6 heteroatoms. The fourth-order valence-corrected chi connectivity index (χ4v) is 7.24. The molecule has 0 aliphatic rings. The molecule has 6 nitrogen and oxygen atoms in total. The molecule has 0 rings (SSSR count). The Bertz CT molecular complexity index is 988. The van der Waals surface area contributed by atoms with Gasteiger partial charge in [-0.25, -0.2) is 0 Å². The topological polar surface area (TPSA) is 95.9 Å². The van der Waals surface area contributed by atoms with Crippen molar-refractivity contribution in [3.63, 3.8) is 0 Å². The first-order valence-corrected chi connectivity index (χ1v) is 24.4. The molecule has 0 spiro atoms. The number of aliphatic hydroxyl groups is 2. The lowest BCUT2D eigenvalue weighted by molar-refractivity contribution is -0.151. The molecular formula is C51H93NO5. The number of rotatable bonds is 43. The summed E-state index contributed by atoms with van der Waals surface area (Å²) in [7, 11) is 0. The van der Waals surface area contributed by atoms with Gasteiger partial charge in [0.05, 0.1) is 25.2 Å². The summed E-state index contributed by atoms with van der Waals surface area (Å²) in [5.41, 5.74) is 0. The maximum atomic E-state index is 13.1. The third-order valence-electron chi connectivity index (χ3n) is 10.9. The molecule has 0 aromatic heterocycles. The van der Waals surface area contributed by atoms with Crippen molar-refractivity contribution in [1.82, 2.24) is 5.32 Å². The summed E-state index contributed by atoms with van der Waals surface area (Å²) in [5.74, 6) is -0.506. The minimum atomic E-state index is -0.790. The summed E-state index contributed by atoms with van der Waals surface area (Å²) in [6.07, 6.45) is 53.1. The molecule has 3 atom stereocenters. The second kappa shape index (κ2) is 44.9. The van der Waals surface area contributed by atoms with E-state index in [1.165, 1.54) is 109 Å². The minimum absolute atomic E-state index is 0.0665. The molecule has 0 radical (unpaired) electrons. The highest BCUT2D eigenvalue weighted by atomic mass is 16.5. The van der Waals surface area contributed by atoms with Gasteiger partial charge in [0.1, 0.15) is 6.10 Å². The number of carbonyl (C=O) groups is 2. The standard InChI is InChI=1S/C51H93NO5/c1-4-7-10-13-16-19-22-23-24-25-26-29-32-35-38-41-44-51(56)57-47(42-39-36-33-30-27-20-17-14-11-8-5-2)45-50(55)52-48(46-53)49(54)43-40-37-34-31-28-21-18-15-12-9-6-3/h7,10,16,19,23-24,26,29,47-49,53-54H,4-6,8-9,11-15,17-18,20-22,25,27-28,30-46H2,1-3H3,(H,52,55)/b10-7+,19-16+,24-23+,29-26+. The van der Waals surface area contributed by atoms with E-state index >= 15 is 0 Å². The van der Waals surface area contributed by atoms with E-state index in [9.17, 15) is 19.8 Å². The van der Waals surface area contributed by atoms with Crippen molar-refractivity contribution in [2.24, 2.45) is 0 Å². The second-order valence-corrected chi connectivity index (χ2v) is 16.5. The van der Waals surface area contributed by atoms with E-state index in [4.69, 9.17) is 4.74 Å². The monoisotopic (exact) mass is 800 g/mol. The van der Waals surface area contributed by atoms with E-state index in [0.717, 1.165) is 83.5 Å². The summed E-state index contributed by atoms with van der Waals surface area (Å²) in [6, 6.07) is -0.704. The Balaban J connectivity index is 4.60. The Morgan fingerprint density at radius 1 is 0.526 bits per heavy atom. The molecule has 57 heavy (non-hydrogen) atoms. The summed E-state index contributed by atoms with van der Waals surface area (Å²) in [6.45, 7) is 6.35. The van der Waals surface area contributed by atoms with E-state index in [1.807, 2.05) is 0 Å². The van der Waals surface area contributed by atoms with Gasteiger partial charge in [-0.1, -0.05) is 211 Å². The fourth-order valence-electron chi connectivity index (χ4n) is 7.24. The zero-order valence-corrected chi connectivity index (χ0v) is 37.7. The summed E-state index contributed by atoms with van der Waals surface area (Å²) < 4.78 is 5.90. The smallest absolute Gasteiger partial charge is 0.306 e. The van der Waals surface area contributed by atoms with E-state index < -0.39 is 18.2 Å². The number of hydrogen-bond acceptors (Lipinski definition) is 5. The van der Waals surface area contributed by atoms with Crippen molar-refractivity contribution in [2.45, 2.75) is 257 Å². The number of unbranched alkanes of at least 4 members (excludes halogenated alkanes) is 23. The van der Waals surface area contributed by atoms with Crippen LogP contribution in [0.1, 0.15) is 239 Å². The molecule has 0 saturated heterocycles. The Hall–Kier alpha value is -2.18. The molecule has 0 aromatic rings. The van der Waals surface area contributed by atoms with Gasteiger partial charge in [-0.15, -0.1) is 0 Å². The summed E-state index contributed by atoms with van der Waals surface area (Å²) in [4.78, 5) is 26.0. The number of hydrogen-bond donors (Lipinski definition) is 3. The minimum Gasteiger partial charge on any atom is -0.462 e. The SMILES string of the molecule is CC/C=C/C/C=C/C/C=C/C/C=C/CCCCCC(=O)OC(CCCCCCCCCCCCC)CC(=O)NC(CO)C(O)CCCCCCCCCCCCC. The highest BCUT2D eigenvalue weighted by Crippen LogP contribution is 2.18. The van der Waals surface area contributed by atoms with Crippen LogP contribution in [-0.2, 0) is 14.3 Å². The average molecular weight is 800 g/mol. The Morgan fingerprint density at radius 2 is 0.947 bits per heavy atom. The van der Waals surface area contributed by atoms with Crippen molar-refractivity contribution in [1.29, 1.82) is 0 Å². The van der Waals surface area contributed by atoms with Gasteiger partial charge < -0.3 is 20.3 Å². The van der Waals surface area contributed by atoms with Crippen LogP contribution in [0.15, 0.2) is 48.6 Å². The van der Waals surface area contributed by atoms with Gasteiger partial charge in [0, 0.05) is 6.42 Å². The van der Waals surface area contributed by atoms with Gasteiger partial charge in [-0.3, -0.25) is 9.59 Å². The molecule has 0 fully saturated rings. The highest BCUT2D eigenvalue weighted by Gasteiger charge is 2.24. The van der Waals surface area contributed by atoms with Crippen LogP contribution in [0.2, 0.25) is 0 Å². The number of aliphatic hydroxyl groups excluding tert-OH is 2. The van der Waals surface area contributed by atoms with E-state index in [2.05, 4.69) is 74.7 Å². The molecule has 1 amide bonds. The lowest BCUT2D eigenvalue weighted by Gasteiger charge is -2.24. The zero-order valence-electron chi connectivity index (χ0n) is 37.7. The van der Waals surface area contributed by atoms with E-state index in [1.54, 1.807) is 0 Å². The molecular weight excluding hydrogens is 707 g/mol. The van der Waals surface area contributed by atoms with Gasteiger partial charge >= 0.3 is 5.97 Å². The number of carbonyl (C=O) groups excluding carboxylic acids is 2. The molecule has 0 aliphatic carbocycles. The van der Waals surface area contributed by atoms with Crippen molar-refractivity contribution in [2.75, 3.05) is 6.61 Å². The Labute approximate surface area is 353 Å². The molecule has 0 aromatic carbocycles. The number of ether oxygens (including phenoxy) is 1. The molecule has 332 valence electrons. The van der Waals surface area contributed by atoms with Gasteiger partial charge in [0.2, 0.25) is 5.91 Å². The largest absolute Gasteiger partial charge is 0.462 e. The van der Waals surface area contributed by atoms with Crippen molar-refractivity contribution >= 4 is 11.9 Å². The van der Waals surface area contributed by atoms with Gasteiger partial charge in [-0.2, -0.15) is 0 Å². The quantitative estimate of drug-likeness (QED) is 0.0324. The molecule has 3 N–H and O–H groups in total. The third kappa shape index (κ3) is 40.4. The van der Waals surface area contributed by atoms with Crippen LogP contribution < -0.4 is 5.32 Å². The first kappa shape index (κ1) is 54.8. The van der Waals surface area contributed by atoms with E-state index in [-0.39, 0.29) is 24.9 Å². The van der Waals surface area contributed by atoms with Crippen molar-refractivity contribution in [3.05, 3.63) is 48.6 Å². The summed E-state index contributed by atoms with van der Waals surface area (Å²) >= 11 is 0. The van der Waals surface area contributed by atoms with Gasteiger partial charge in [-0.05, 0) is 64.2 Å². The van der Waals surface area contributed by atoms with Crippen LogP contribution in [-0.4, -0.2) is 46.9 Å². The predicted octanol–water partition coefficient (Wildman–Crippen LogP) is 14.3. The maximum Gasteiger partial charge on any atom is 0.306 e. The number of esters is 1. The van der Waals surface area contributed by atoms with Crippen molar-refractivity contribution < 1.29 is 24.5 Å². The third-order valence-corrected chi connectivity index (χ3v) is 10.9. The zero-order chi connectivity index (χ0) is 41.7. The lowest BCUT2D eigenvalue weighted by Crippen LogP contribution is -2.46. The van der Waals surface area contributed by atoms with Crippen LogP contribution in [0, 0.1) is 0 Å². The van der Waals surface area contributed by atoms with Crippen LogP contribution in [0.3, 0.4) is 0 Å². The van der Waals surface area contributed by atoms with Gasteiger partial charge in [0.15, 0.2) is 0 Å². The molecule has 3 unspecified atom stereocenters. The van der Waals surface area contributed by atoms with Crippen LogP contribution >= 0.6 is 0 Å². The molecule has 0 saturated carbocycles. The summed E-state index contributed by atoms with van der Waals surface area (Å²) in [5, 5.41) is 23.7. The lowest BCUT2D eigenvalue weighted by atomic mass is 10.0. The normalized spacial score (nSPS) is 13.7. The van der Waals surface area contributed by atoms with Crippen LogP contribution in [0.5, 0.6) is 0 Å². The Morgan fingerprint density at radius 3 is 1.42 bits per heavy atom.